The maximum atomic E-state index is 12.3. The van der Waals surface area contributed by atoms with Crippen molar-refractivity contribution >= 4 is 80.1 Å². The van der Waals surface area contributed by atoms with E-state index < -0.39 is 17.1 Å². The molecular formula is C14H11I2NO5S. The lowest BCUT2D eigenvalue weighted by atomic mass is 10.2. The highest BCUT2D eigenvalue weighted by Gasteiger charge is 2.36. The predicted octanol–water partition coefficient (Wildman–Crippen LogP) is 3.20. The van der Waals surface area contributed by atoms with Gasteiger partial charge < -0.3 is 9.84 Å². The molecule has 1 aliphatic heterocycles. The Labute approximate surface area is 163 Å². The van der Waals surface area contributed by atoms with Gasteiger partial charge in [-0.25, -0.2) is 0 Å². The number of ether oxygens (including phenoxy) is 1. The number of phenolic OH excluding ortho intramolecular Hbond substituents is 1. The molecule has 0 unspecified atom stereocenters. The van der Waals surface area contributed by atoms with Crippen LogP contribution >= 0.6 is 56.9 Å². The second-order valence-corrected chi connectivity index (χ2v) is 7.72. The number of aromatic hydroxyl groups is 1. The largest absolute Gasteiger partial charge is 0.506 e. The summed E-state index contributed by atoms with van der Waals surface area (Å²) < 4.78 is 6.04. The first-order valence-corrected chi connectivity index (χ1v) is 9.40. The summed E-state index contributed by atoms with van der Waals surface area (Å²) >= 11 is 4.75. The van der Waals surface area contributed by atoms with Gasteiger partial charge in [-0.05, 0) is 87.6 Å². The van der Waals surface area contributed by atoms with Crippen LogP contribution in [0.2, 0.25) is 0 Å². The Balaban J connectivity index is 2.23. The number of carbonyl (C=O) groups excluding carboxylic acids is 3. The summed E-state index contributed by atoms with van der Waals surface area (Å²) in [5.41, 5.74) is 0.693. The van der Waals surface area contributed by atoms with E-state index in [1.54, 1.807) is 25.1 Å². The molecule has 1 aromatic carbocycles. The van der Waals surface area contributed by atoms with Gasteiger partial charge in [-0.3, -0.25) is 19.3 Å². The monoisotopic (exact) mass is 559 g/mol. The van der Waals surface area contributed by atoms with Crippen LogP contribution in [-0.2, 0) is 14.3 Å². The van der Waals surface area contributed by atoms with Gasteiger partial charge in [0.15, 0.2) is 0 Å². The second-order valence-electron chi connectivity index (χ2n) is 4.41. The van der Waals surface area contributed by atoms with E-state index in [2.05, 4.69) is 0 Å². The zero-order chi connectivity index (χ0) is 17.1. The zero-order valence-corrected chi connectivity index (χ0v) is 17.0. The fraction of sp³-hybridized carbons (Fsp3) is 0.214. The minimum Gasteiger partial charge on any atom is -0.506 e. The van der Waals surface area contributed by atoms with Gasteiger partial charge in [-0.15, -0.1) is 0 Å². The number of esters is 1. The van der Waals surface area contributed by atoms with Crippen molar-refractivity contribution in [3.63, 3.8) is 0 Å². The predicted molar refractivity (Wildman–Crippen MR) is 103 cm³/mol. The van der Waals surface area contributed by atoms with Crippen molar-refractivity contribution in [2.24, 2.45) is 0 Å². The maximum Gasteiger partial charge on any atom is 0.326 e. The van der Waals surface area contributed by atoms with E-state index in [0.29, 0.717) is 12.7 Å². The summed E-state index contributed by atoms with van der Waals surface area (Å²) in [7, 11) is 0. The average molecular weight is 559 g/mol. The third kappa shape index (κ3) is 4.38. The van der Waals surface area contributed by atoms with Crippen LogP contribution in [0.1, 0.15) is 12.5 Å². The number of nitrogens with zero attached hydrogens (tertiary/aromatic N) is 1. The van der Waals surface area contributed by atoms with Gasteiger partial charge >= 0.3 is 5.97 Å². The lowest BCUT2D eigenvalue weighted by Crippen LogP contribution is -2.34. The molecule has 2 rings (SSSR count). The highest BCUT2D eigenvalue weighted by Crippen LogP contribution is 2.34. The number of imide groups is 1. The SMILES string of the molecule is CCOC(=O)CN1C(=O)S/C(=C/c2cc(I)c(O)c(I)c2)C1=O. The summed E-state index contributed by atoms with van der Waals surface area (Å²) in [5.74, 6) is -0.963. The third-order valence-electron chi connectivity index (χ3n) is 2.80. The number of amides is 2. The Bertz CT molecular complexity index is 696. The molecule has 1 aliphatic rings. The van der Waals surface area contributed by atoms with Crippen LogP contribution in [0.25, 0.3) is 6.08 Å². The molecular weight excluding hydrogens is 548 g/mol. The quantitative estimate of drug-likeness (QED) is 0.347. The number of hydrogen-bond acceptors (Lipinski definition) is 6. The molecule has 1 heterocycles. The number of benzene rings is 1. The molecule has 1 aromatic rings. The number of thioether (sulfide) groups is 1. The van der Waals surface area contributed by atoms with Crippen LogP contribution in [0.3, 0.4) is 0 Å². The molecule has 1 fully saturated rings. The van der Waals surface area contributed by atoms with E-state index in [-0.39, 0.29) is 23.8 Å². The van der Waals surface area contributed by atoms with Gasteiger partial charge in [0.2, 0.25) is 0 Å². The normalized spacial score (nSPS) is 16.3. The topological polar surface area (TPSA) is 83.9 Å². The molecule has 1 N–H and O–H groups in total. The van der Waals surface area contributed by atoms with Crippen LogP contribution in [0.15, 0.2) is 17.0 Å². The molecule has 122 valence electrons. The molecule has 6 nitrogen and oxygen atoms in total. The minimum atomic E-state index is -0.621. The fourth-order valence-electron chi connectivity index (χ4n) is 1.79. The van der Waals surface area contributed by atoms with Gasteiger partial charge in [-0.1, -0.05) is 0 Å². The Morgan fingerprint density at radius 3 is 2.52 bits per heavy atom. The smallest absolute Gasteiger partial charge is 0.326 e. The first-order chi connectivity index (χ1) is 10.8. The molecule has 0 radical (unpaired) electrons. The molecule has 1 saturated heterocycles. The Morgan fingerprint density at radius 1 is 1.35 bits per heavy atom. The molecule has 0 saturated carbocycles. The van der Waals surface area contributed by atoms with Gasteiger partial charge in [0.05, 0.1) is 18.7 Å². The number of carbonyl (C=O) groups is 3. The van der Waals surface area contributed by atoms with E-state index in [1.807, 2.05) is 45.2 Å². The van der Waals surface area contributed by atoms with Crippen LogP contribution < -0.4 is 0 Å². The van der Waals surface area contributed by atoms with Gasteiger partial charge in [0.25, 0.3) is 11.1 Å². The van der Waals surface area contributed by atoms with Gasteiger partial charge in [0.1, 0.15) is 12.3 Å². The molecule has 0 bridgehead atoms. The van der Waals surface area contributed by atoms with Gasteiger partial charge in [0, 0.05) is 0 Å². The number of halogens is 2. The van der Waals surface area contributed by atoms with E-state index in [0.717, 1.165) is 16.7 Å². The van der Waals surface area contributed by atoms with Crippen molar-refractivity contribution in [3.8, 4) is 5.75 Å². The highest BCUT2D eigenvalue weighted by atomic mass is 127. The minimum absolute atomic E-state index is 0.179. The molecule has 0 spiro atoms. The van der Waals surface area contributed by atoms with Crippen LogP contribution in [0, 0.1) is 7.14 Å². The Kier molecular flexibility index (Phi) is 6.31. The summed E-state index contributed by atoms with van der Waals surface area (Å²) in [4.78, 5) is 36.7. The van der Waals surface area contributed by atoms with Crippen LogP contribution in [-0.4, -0.2) is 40.3 Å². The van der Waals surface area contributed by atoms with Crippen LogP contribution in [0.4, 0.5) is 4.79 Å². The van der Waals surface area contributed by atoms with E-state index in [1.165, 1.54) is 0 Å². The molecule has 0 aliphatic carbocycles. The van der Waals surface area contributed by atoms with E-state index in [9.17, 15) is 19.5 Å². The fourth-order valence-corrected chi connectivity index (χ4v) is 4.45. The Hall–Kier alpha value is -0.820. The first-order valence-electron chi connectivity index (χ1n) is 6.42. The lowest BCUT2D eigenvalue weighted by Gasteiger charge is -2.10. The number of phenols is 1. The third-order valence-corrected chi connectivity index (χ3v) is 5.36. The lowest BCUT2D eigenvalue weighted by molar-refractivity contribution is -0.145. The highest BCUT2D eigenvalue weighted by molar-refractivity contribution is 14.1. The van der Waals surface area contributed by atoms with Crippen molar-refractivity contribution in [2.45, 2.75) is 6.92 Å². The molecule has 0 atom stereocenters. The summed E-state index contributed by atoms with van der Waals surface area (Å²) in [6.45, 7) is 1.45. The van der Waals surface area contributed by atoms with Crippen molar-refractivity contribution < 1.29 is 24.2 Å². The van der Waals surface area contributed by atoms with Crippen molar-refractivity contribution in [2.75, 3.05) is 13.2 Å². The van der Waals surface area contributed by atoms with E-state index >= 15 is 0 Å². The Morgan fingerprint density at radius 2 is 1.96 bits per heavy atom. The summed E-state index contributed by atoms with van der Waals surface area (Å²) in [5, 5.41) is 9.25. The molecule has 9 heteroatoms. The summed E-state index contributed by atoms with van der Waals surface area (Å²) in [6, 6.07) is 3.41. The number of hydrogen-bond donors (Lipinski definition) is 1. The second kappa shape index (κ2) is 7.83. The maximum absolute atomic E-state index is 12.3. The first kappa shape index (κ1) is 18.5. The van der Waals surface area contributed by atoms with Crippen LogP contribution in [0.5, 0.6) is 5.75 Å². The average Bonchev–Trinajstić information content (AvgIpc) is 2.72. The molecule has 2 amide bonds. The van der Waals surface area contributed by atoms with Crippen molar-refractivity contribution in [1.29, 1.82) is 0 Å². The number of rotatable bonds is 4. The van der Waals surface area contributed by atoms with Crippen molar-refractivity contribution in [1.82, 2.24) is 4.90 Å². The van der Waals surface area contributed by atoms with E-state index in [4.69, 9.17) is 4.74 Å². The summed E-state index contributed by atoms with van der Waals surface area (Å²) in [6.07, 6.45) is 1.57. The van der Waals surface area contributed by atoms with Gasteiger partial charge in [-0.2, -0.15) is 0 Å². The standard InChI is InChI=1S/C14H11I2NO5S/c1-2-22-11(18)6-17-13(20)10(23-14(17)21)5-7-3-8(15)12(19)9(16)4-7/h3-5,19H,2,6H2,1H3/b10-5+. The zero-order valence-electron chi connectivity index (χ0n) is 11.8. The molecule has 0 aromatic heterocycles. The van der Waals surface area contributed by atoms with Crippen molar-refractivity contribution in [3.05, 3.63) is 29.7 Å². The molecule has 23 heavy (non-hydrogen) atoms.